The molecule has 0 fully saturated rings. The van der Waals surface area contributed by atoms with Crippen molar-refractivity contribution in [2.75, 3.05) is 0 Å². The fraction of sp³-hybridized carbons (Fsp3) is 0.714. The van der Waals surface area contributed by atoms with Gasteiger partial charge in [-0.25, -0.2) is 4.39 Å². The van der Waals surface area contributed by atoms with E-state index >= 15 is 0 Å². The fourth-order valence-corrected chi connectivity index (χ4v) is 0.353. The molecule has 0 rings (SSSR count). The number of rotatable bonds is 3. The minimum Gasteiger partial charge on any atom is -0.465 e. The highest BCUT2D eigenvalue weighted by atomic mass is 19.1. The molecule has 0 aromatic heterocycles. The molecule has 54 valence electrons. The zero-order valence-electron chi connectivity index (χ0n) is 6.15. The van der Waals surface area contributed by atoms with Gasteiger partial charge in [0.25, 0.3) is 0 Å². The summed E-state index contributed by atoms with van der Waals surface area (Å²) in [6.07, 6.45) is 1.01. The Bertz CT molecular complexity index is 99.1. The summed E-state index contributed by atoms with van der Waals surface area (Å²) < 4.78 is 17.0. The average Bonchev–Trinajstić information content (AvgIpc) is 1.87. The van der Waals surface area contributed by atoms with Crippen LogP contribution in [0.15, 0.2) is 11.8 Å². The normalized spacial score (nSPS) is 15.3. The van der Waals surface area contributed by atoms with Crippen molar-refractivity contribution in [1.82, 2.24) is 0 Å². The summed E-state index contributed by atoms with van der Waals surface area (Å²) in [7, 11) is 0. The van der Waals surface area contributed by atoms with Crippen LogP contribution in [0.3, 0.4) is 0 Å². The van der Waals surface area contributed by atoms with Crippen molar-refractivity contribution in [3.8, 4) is 0 Å². The second-order valence-electron chi connectivity index (χ2n) is 1.84. The molecule has 0 aliphatic carbocycles. The van der Waals surface area contributed by atoms with Crippen LogP contribution in [-0.4, -0.2) is 6.36 Å². The van der Waals surface area contributed by atoms with Gasteiger partial charge < -0.3 is 4.74 Å². The van der Waals surface area contributed by atoms with E-state index in [2.05, 4.69) is 0 Å². The van der Waals surface area contributed by atoms with Gasteiger partial charge in [0.05, 0.1) is 5.76 Å². The number of halogens is 1. The molecule has 0 spiro atoms. The number of ether oxygens (including phenoxy) is 1. The van der Waals surface area contributed by atoms with Gasteiger partial charge in [0.2, 0.25) is 6.36 Å². The van der Waals surface area contributed by atoms with Crippen molar-refractivity contribution < 1.29 is 9.13 Å². The van der Waals surface area contributed by atoms with Gasteiger partial charge in [0.15, 0.2) is 0 Å². The minimum absolute atomic E-state index is 0.408. The zero-order valence-corrected chi connectivity index (χ0v) is 6.15. The van der Waals surface area contributed by atoms with E-state index < -0.39 is 6.36 Å². The number of hydrogen-bond acceptors (Lipinski definition) is 1. The molecule has 2 heteroatoms. The van der Waals surface area contributed by atoms with Crippen LogP contribution in [0.1, 0.15) is 27.2 Å². The van der Waals surface area contributed by atoms with Crippen molar-refractivity contribution in [3.63, 3.8) is 0 Å². The highest BCUT2D eigenvalue weighted by molar-refractivity contribution is 4.84. The first kappa shape index (κ1) is 8.47. The Hall–Kier alpha value is -0.530. The van der Waals surface area contributed by atoms with Gasteiger partial charge in [-0.3, -0.25) is 0 Å². The Kier molecular flexibility index (Phi) is 4.10. The maximum atomic E-state index is 12.3. The van der Waals surface area contributed by atoms with Gasteiger partial charge in [-0.1, -0.05) is 6.92 Å². The van der Waals surface area contributed by atoms with Crippen LogP contribution in [0.4, 0.5) is 4.39 Å². The third-order valence-electron chi connectivity index (χ3n) is 1.04. The van der Waals surface area contributed by atoms with Crippen molar-refractivity contribution in [3.05, 3.63) is 11.8 Å². The largest absolute Gasteiger partial charge is 0.465 e. The molecule has 0 saturated carbocycles. The first-order chi connectivity index (χ1) is 4.20. The molecule has 0 heterocycles. The van der Waals surface area contributed by atoms with E-state index in [-0.39, 0.29) is 0 Å². The summed E-state index contributed by atoms with van der Waals surface area (Å²) in [4.78, 5) is 0. The predicted molar refractivity (Wildman–Crippen MR) is 35.7 cm³/mol. The predicted octanol–water partition coefficient (Wildman–Crippen LogP) is 2.63. The Labute approximate surface area is 55.5 Å². The van der Waals surface area contributed by atoms with Crippen LogP contribution >= 0.6 is 0 Å². The highest BCUT2D eigenvalue weighted by Gasteiger charge is 2.01. The van der Waals surface area contributed by atoms with Crippen LogP contribution < -0.4 is 0 Å². The molecule has 0 aromatic rings. The molecule has 9 heavy (non-hydrogen) atoms. The van der Waals surface area contributed by atoms with E-state index in [1.165, 1.54) is 0 Å². The zero-order chi connectivity index (χ0) is 7.28. The minimum atomic E-state index is -1.14. The summed E-state index contributed by atoms with van der Waals surface area (Å²) in [6.45, 7) is 5.30. The molecule has 0 bridgehead atoms. The molecular weight excluding hydrogens is 119 g/mol. The molecule has 0 aliphatic rings. The van der Waals surface area contributed by atoms with Gasteiger partial charge in [-0.15, -0.1) is 0 Å². The van der Waals surface area contributed by atoms with Gasteiger partial charge >= 0.3 is 0 Å². The van der Waals surface area contributed by atoms with Crippen molar-refractivity contribution >= 4 is 0 Å². The topological polar surface area (TPSA) is 9.23 Å². The van der Waals surface area contributed by atoms with Crippen molar-refractivity contribution in [2.45, 2.75) is 33.5 Å². The van der Waals surface area contributed by atoms with Crippen LogP contribution in [0.2, 0.25) is 0 Å². The van der Waals surface area contributed by atoms with Crippen LogP contribution in [0.25, 0.3) is 0 Å². The fourth-order valence-electron chi connectivity index (χ4n) is 0.353. The molecular formula is C7H13FO. The van der Waals surface area contributed by atoms with E-state index in [0.29, 0.717) is 12.2 Å². The van der Waals surface area contributed by atoms with Gasteiger partial charge in [0, 0.05) is 6.42 Å². The second-order valence-corrected chi connectivity index (χ2v) is 1.84. The first-order valence-electron chi connectivity index (χ1n) is 3.14. The van der Waals surface area contributed by atoms with E-state index in [4.69, 9.17) is 4.74 Å². The molecule has 1 unspecified atom stereocenters. The molecule has 0 radical (unpaired) electrons. The van der Waals surface area contributed by atoms with Crippen molar-refractivity contribution in [2.24, 2.45) is 0 Å². The maximum Gasteiger partial charge on any atom is 0.237 e. The van der Waals surface area contributed by atoms with Gasteiger partial charge in [-0.05, 0) is 19.9 Å². The highest BCUT2D eigenvalue weighted by Crippen LogP contribution is 2.05. The Balaban J connectivity index is 3.47. The van der Waals surface area contributed by atoms with Crippen LogP contribution in [-0.2, 0) is 4.74 Å². The Morgan fingerprint density at radius 1 is 1.78 bits per heavy atom. The first-order valence-corrected chi connectivity index (χ1v) is 3.14. The molecule has 0 amide bonds. The van der Waals surface area contributed by atoms with Gasteiger partial charge in [0.1, 0.15) is 0 Å². The molecule has 0 N–H and O–H groups in total. The summed E-state index contributed by atoms with van der Waals surface area (Å²) in [5.74, 6) is 0.643. The van der Waals surface area contributed by atoms with E-state index in [1.807, 2.05) is 6.92 Å². The summed E-state index contributed by atoms with van der Waals surface area (Å²) in [6, 6.07) is 0. The molecule has 0 aromatic carbocycles. The Morgan fingerprint density at radius 3 is 2.67 bits per heavy atom. The average molecular weight is 132 g/mol. The van der Waals surface area contributed by atoms with Crippen molar-refractivity contribution in [1.29, 1.82) is 0 Å². The smallest absolute Gasteiger partial charge is 0.237 e. The lowest BCUT2D eigenvalue weighted by atomic mass is 10.5. The Morgan fingerprint density at radius 2 is 2.33 bits per heavy atom. The monoisotopic (exact) mass is 132 g/mol. The molecule has 0 aliphatic heterocycles. The van der Waals surface area contributed by atoms with Crippen LogP contribution in [0, 0.1) is 0 Å². The van der Waals surface area contributed by atoms with E-state index in [9.17, 15) is 4.39 Å². The SMILES string of the molecule is C/C=C(\C)OC(F)CC. The quantitative estimate of drug-likeness (QED) is 0.536. The second kappa shape index (κ2) is 4.36. The molecule has 1 atom stereocenters. The van der Waals surface area contributed by atoms with Crippen LogP contribution in [0.5, 0.6) is 0 Å². The summed E-state index contributed by atoms with van der Waals surface area (Å²) in [5, 5.41) is 0. The maximum absolute atomic E-state index is 12.3. The number of hydrogen-bond donors (Lipinski definition) is 0. The standard InChI is InChI=1S/C7H13FO/c1-4-6(3)9-7(8)5-2/h4,7H,5H2,1-3H3/b6-4+. The number of alkyl halides is 1. The lowest BCUT2D eigenvalue weighted by Crippen LogP contribution is -2.01. The molecule has 1 nitrogen and oxygen atoms in total. The molecule has 0 saturated heterocycles. The summed E-state index contributed by atoms with van der Waals surface area (Å²) >= 11 is 0. The third kappa shape index (κ3) is 4.01. The van der Waals surface area contributed by atoms with E-state index in [0.717, 1.165) is 0 Å². The summed E-state index contributed by atoms with van der Waals surface area (Å²) in [5.41, 5.74) is 0. The lowest BCUT2D eigenvalue weighted by Gasteiger charge is -2.07. The van der Waals surface area contributed by atoms with Gasteiger partial charge in [-0.2, -0.15) is 0 Å². The third-order valence-corrected chi connectivity index (χ3v) is 1.04. The van der Waals surface area contributed by atoms with E-state index in [1.54, 1.807) is 19.9 Å². The number of allylic oxidation sites excluding steroid dienone is 2. The lowest BCUT2D eigenvalue weighted by molar-refractivity contribution is 0.00434.